The standard InChI is InChI=1S/C23H21F2N5O2/c1-22(2)13-6-7-23(22,17-9-27-10-19(28-17)32-11-18(26)31)21-12(13)8-16(29-30-21)20-14(24)4-3-5-15(20)25/h3-5,8-10,13H,6-7,11H2,1-2H3,(H2,26,31)/t13-,23?/m0/s1. The van der Waals surface area contributed by atoms with Gasteiger partial charge >= 0.3 is 0 Å². The van der Waals surface area contributed by atoms with E-state index in [4.69, 9.17) is 10.5 Å². The van der Waals surface area contributed by atoms with Crippen LogP contribution in [0.1, 0.15) is 49.6 Å². The molecule has 32 heavy (non-hydrogen) atoms. The molecular weight excluding hydrogens is 416 g/mol. The van der Waals surface area contributed by atoms with Crippen molar-refractivity contribution in [1.29, 1.82) is 0 Å². The number of fused-ring (bicyclic) bond motifs is 5. The number of rotatable bonds is 5. The molecule has 2 heterocycles. The Labute approximate surface area is 183 Å². The van der Waals surface area contributed by atoms with Gasteiger partial charge in [-0.25, -0.2) is 13.8 Å². The third-order valence-electron chi connectivity index (χ3n) is 7.01. The Kier molecular flexibility index (Phi) is 4.47. The van der Waals surface area contributed by atoms with Gasteiger partial charge in [0.15, 0.2) is 6.61 Å². The van der Waals surface area contributed by atoms with Gasteiger partial charge in [0.2, 0.25) is 5.88 Å². The minimum atomic E-state index is -0.679. The van der Waals surface area contributed by atoms with E-state index in [-0.39, 0.29) is 35.1 Å². The molecule has 1 amide bonds. The fourth-order valence-electron chi connectivity index (χ4n) is 5.53. The molecule has 2 atom stereocenters. The Morgan fingerprint density at radius 2 is 1.97 bits per heavy atom. The van der Waals surface area contributed by atoms with E-state index < -0.39 is 23.0 Å². The lowest BCUT2D eigenvalue weighted by Crippen LogP contribution is -2.38. The average Bonchev–Trinajstić information content (AvgIpc) is 3.14. The van der Waals surface area contributed by atoms with Gasteiger partial charge < -0.3 is 10.5 Å². The number of amides is 1. The van der Waals surface area contributed by atoms with Crippen LogP contribution in [0.5, 0.6) is 5.88 Å². The van der Waals surface area contributed by atoms with Crippen molar-refractivity contribution in [2.45, 2.75) is 38.0 Å². The summed E-state index contributed by atoms with van der Waals surface area (Å²) in [5, 5.41) is 8.69. The summed E-state index contributed by atoms with van der Waals surface area (Å²) in [6.07, 6.45) is 4.73. The van der Waals surface area contributed by atoms with Crippen LogP contribution in [0.25, 0.3) is 11.3 Å². The van der Waals surface area contributed by atoms with E-state index >= 15 is 0 Å². The molecular formula is C23H21F2N5O2. The van der Waals surface area contributed by atoms with E-state index in [1.807, 2.05) is 0 Å². The number of nitrogens with two attached hydrogens (primary N) is 1. The molecule has 0 saturated heterocycles. The number of halogens is 2. The molecule has 0 spiro atoms. The van der Waals surface area contributed by atoms with Gasteiger partial charge in [0.25, 0.3) is 5.91 Å². The molecule has 2 aliphatic rings. The first-order valence-corrected chi connectivity index (χ1v) is 10.3. The summed E-state index contributed by atoms with van der Waals surface area (Å²) in [6, 6.07) is 5.48. The summed E-state index contributed by atoms with van der Waals surface area (Å²) in [5.41, 5.74) is 6.57. The topological polar surface area (TPSA) is 104 Å². The largest absolute Gasteiger partial charge is 0.466 e. The number of hydrogen-bond donors (Lipinski definition) is 1. The zero-order chi connectivity index (χ0) is 22.7. The van der Waals surface area contributed by atoms with E-state index in [2.05, 4.69) is 34.0 Å². The lowest BCUT2D eigenvalue weighted by atomic mass is 9.66. The van der Waals surface area contributed by atoms with Gasteiger partial charge in [-0.2, -0.15) is 5.10 Å². The van der Waals surface area contributed by atoms with Crippen LogP contribution in [-0.2, 0) is 10.2 Å². The molecule has 7 nitrogen and oxygen atoms in total. The van der Waals surface area contributed by atoms with Gasteiger partial charge in [-0.05, 0) is 47.9 Å². The molecule has 1 unspecified atom stereocenters. The van der Waals surface area contributed by atoms with Crippen molar-refractivity contribution in [3.63, 3.8) is 0 Å². The van der Waals surface area contributed by atoms with E-state index in [9.17, 15) is 13.6 Å². The predicted octanol–water partition coefficient (Wildman–Crippen LogP) is 3.28. The van der Waals surface area contributed by atoms with Gasteiger partial charge in [0.05, 0.1) is 34.3 Å². The van der Waals surface area contributed by atoms with Crippen LogP contribution < -0.4 is 10.5 Å². The summed E-state index contributed by atoms with van der Waals surface area (Å²) in [5.74, 6) is -1.66. The Bertz CT molecular complexity index is 1230. The molecule has 2 bridgehead atoms. The molecule has 2 N–H and O–H groups in total. The normalized spacial score (nSPS) is 22.6. The number of aromatic nitrogens is 4. The van der Waals surface area contributed by atoms with Gasteiger partial charge in [0.1, 0.15) is 11.6 Å². The fraction of sp³-hybridized carbons (Fsp3) is 0.348. The van der Waals surface area contributed by atoms with Crippen LogP contribution in [0.3, 0.4) is 0 Å². The summed E-state index contributed by atoms with van der Waals surface area (Å²) in [6.45, 7) is 3.97. The van der Waals surface area contributed by atoms with Crippen LogP contribution in [-0.4, -0.2) is 32.7 Å². The smallest absolute Gasteiger partial charge is 0.255 e. The minimum Gasteiger partial charge on any atom is -0.466 e. The fourth-order valence-corrected chi connectivity index (χ4v) is 5.53. The summed E-state index contributed by atoms with van der Waals surface area (Å²) >= 11 is 0. The first-order valence-electron chi connectivity index (χ1n) is 10.3. The van der Waals surface area contributed by atoms with Crippen LogP contribution >= 0.6 is 0 Å². The molecule has 2 aliphatic carbocycles. The van der Waals surface area contributed by atoms with Gasteiger partial charge in [-0.3, -0.25) is 9.78 Å². The number of benzene rings is 1. The lowest BCUT2D eigenvalue weighted by Gasteiger charge is -2.37. The predicted molar refractivity (Wildman–Crippen MR) is 111 cm³/mol. The second-order valence-corrected chi connectivity index (χ2v) is 8.85. The Balaban J connectivity index is 1.64. The minimum absolute atomic E-state index is 0.110. The number of primary amides is 1. The van der Waals surface area contributed by atoms with Gasteiger partial charge in [0, 0.05) is 6.20 Å². The molecule has 9 heteroatoms. The van der Waals surface area contributed by atoms with Crippen LogP contribution in [0, 0.1) is 17.0 Å². The summed E-state index contributed by atoms with van der Waals surface area (Å²) < 4.78 is 34.1. The highest BCUT2D eigenvalue weighted by molar-refractivity contribution is 5.75. The molecule has 164 valence electrons. The number of hydrogen-bond acceptors (Lipinski definition) is 6. The second kappa shape index (κ2) is 7.01. The van der Waals surface area contributed by atoms with E-state index in [0.717, 1.165) is 24.1 Å². The average molecular weight is 437 g/mol. The zero-order valence-electron chi connectivity index (χ0n) is 17.6. The summed E-state index contributed by atoms with van der Waals surface area (Å²) in [4.78, 5) is 20.0. The number of carbonyl (C=O) groups excluding carboxylic acids is 1. The van der Waals surface area contributed by atoms with Crippen molar-refractivity contribution in [2.75, 3.05) is 6.61 Å². The molecule has 2 aromatic heterocycles. The van der Waals surface area contributed by atoms with E-state index in [1.165, 1.54) is 24.4 Å². The highest BCUT2D eigenvalue weighted by Crippen LogP contribution is 2.69. The van der Waals surface area contributed by atoms with Crippen molar-refractivity contribution < 1.29 is 18.3 Å². The maximum Gasteiger partial charge on any atom is 0.255 e. The molecule has 0 radical (unpaired) electrons. The third-order valence-corrected chi connectivity index (χ3v) is 7.01. The first kappa shape index (κ1) is 20.4. The molecule has 0 aliphatic heterocycles. The SMILES string of the molecule is CC1(C)[C@H]2CCC1(c1cncc(OCC(N)=O)n1)c1nnc(-c3c(F)cccc3F)cc12. The van der Waals surface area contributed by atoms with Crippen molar-refractivity contribution in [1.82, 2.24) is 20.2 Å². The van der Waals surface area contributed by atoms with E-state index in [0.29, 0.717) is 5.69 Å². The van der Waals surface area contributed by atoms with Crippen molar-refractivity contribution in [2.24, 2.45) is 11.1 Å². The van der Waals surface area contributed by atoms with Crippen LogP contribution in [0.4, 0.5) is 8.78 Å². The number of nitrogens with zero attached hydrogens (tertiary/aromatic N) is 4. The van der Waals surface area contributed by atoms with Crippen molar-refractivity contribution >= 4 is 5.91 Å². The lowest BCUT2D eigenvalue weighted by molar-refractivity contribution is -0.120. The van der Waals surface area contributed by atoms with E-state index in [1.54, 1.807) is 12.3 Å². The maximum atomic E-state index is 14.4. The molecule has 1 aromatic carbocycles. The van der Waals surface area contributed by atoms with Crippen LogP contribution in [0.15, 0.2) is 36.7 Å². The van der Waals surface area contributed by atoms with Gasteiger partial charge in [-0.1, -0.05) is 19.9 Å². The highest BCUT2D eigenvalue weighted by atomic mass is 19.1. The number of ether oxygens (including phenoxy) is 1. The van der Waals surface area contributed by atoms with Gasteiger partial charge in [-0.15, -0.1) is 5.10 Å². The highest BCUT2D eigenvalue weighted by Gasteiger charge is 2.65. The molecule has 5 rings (SSSR count). The third kappa shape index (κ3) is 2.73. The van der Waals surface area contributed by atoms with Crippen molar-refractivity contribution in [3.8, 4) is 17.1 Å². The molecule has 3 aromatic rings. The van der Waals surface area contributed by atoms with Crippen molar-refractivity contribution in [3.05, 3.63) is 65.2 Å². The quantitative estimate of drug-likeness (QED) is 0.657. The molecule has 1 fully saturated rings. The second-order valence-electron chi connectivity index (χ2n) is 8.85. The molecule has 1 saturated carbocycles. The Morgan fingerprint density at radius 3 is 2.69 bits per heavy atom. The maximum absolute atomic E-state index is 14.4. The Hall–Kier alpha value is -3.49. The summed E-state index contributed by atoms with van der Waals surface area (Å²) in [7, 11) is 0. The Morgan fingerprint density at radius 1 is 1.22 bits per heavy atom. The zero-order valence-corrected chi connectivity index (χ0v) is 17.6. The van der Waals surface area contributed by atoms with Crippen LogP contribution in [0.2, 0.25) is 0 Å². The monoisotopic (exact) mass is 437 g/mol. The number of carbonyl (C=O) groups is 1. The first-order chi connectivity index (χ1) is 15.3.